The average molecular weight is 433 g/mol. The predicted octanol–water partition coefficient (Wildman–Crippen LogP) is 3.36. The van der Waals surface area contributed by atoms with Crippen LogP contribution in [0, 0.1) is 0 Å². The van der Waals surface area contributed by atoms with Crippen molar-refractivity contribution in [2.24, 2.45) is 0 Å². The smallest absolute Gasteiger partial charge is 0.254 e. The molecule has 2 aromatic carbocycles. The van der Waals surface area contributed by atoms with Crippen LogP contribution in [0.3, 0.4) is 0 Å². The van der Waals surface area contributed by atoms with Crippen LogP contribution in [-0.4, -0.2) is 53.8 Å². The molecule has 2 amide bonds. The summed E-state index contributed by atoms with van der Waals surface area (Å²) in [4.78, 5) is 45.7. The Labute approximate surface area is 182 Å². The zero-order chi connectivity index (χ0) is 21.5. The molecule has 5 rings (SSSR count). The molecule has 0 bridgehead atoms. The van der Waals surface area contributed by atoms with Gasteiger partial charge in [0.1, 0.15) is 5.01 Å². The minimum atomic E-state index is -0.232. The molecule has 0 radical (unpaired) electrons. The summed E-state index contributed by atoms with van der Waals surface area (Å²) in [6, 6.07) is 12.5. The Morgan fingerprint density at radius 1 is 1.13 bits per heavy atom. The normalized spacial score (nSPS) is 17.5. The summed E-state index contributed by atoms with van der Waals surface area (Å²) in [6.07, 6.45) is 1.65. The zero-order valence-electron chi connectivity index (χ0n) is 16.8. The van der Waals surface area contributed by atoms with Crippen molar-refractivity contribution in [2.75, 3.05) is 31.2 Å². The Morgan fingerprint density at radius 3 is 2.68 bits per heavy atom. The van der Waals surface area contributed by atoms with E-state index < -0.39 is 0 Å². The molecule has 0 N–H and O–H groups in total. The number of thiazole rings is 1. The second-order valence-corrected chi connectivity index (χ2v) is 8.43. The summed E-state index contributed by atoms with van der Waals surface area (Å²) in [7, 11) is 0. The number of hydrogen-bond acceptors (Lipinski definition) is 6. The molecule has 2 aliphatic rings. The molecule has 156 valence electrons. The summed E-state index contributed by atoms with van der Waals surface area (Å²) in [5.41, 5.74) is 2.73. The van der Waals surface area contributed by atoms with E-state index in [1.165, 1.54) is 23.2 Å². The number of hydrogen-bond donors (Lipinski definition) is 0. The average Bonchev–Trinajstić information content (AvgIpc) is 3.32. The van der Waals surface area contributed by atoms with Crippen LogP contribution in [0.25, 0.3) is 16.3 Å². The van der Waals surface area contributed by atoms with Gasteiger partial charge in [-0.25, -0.2) is 4.98 Å². The van der Waals surface area contributed by atoms with Crippen LogP contribution in [0.5, 0.6) is 0 Å². The minimum Gasteiger partial charge on any atom is -0.378 e. The maximum Gasteiger partial charge on any atom is 0.254 e. The van der Waals surface area contributed by atoms with Crippen LogP contribution in [0.1, 0.15) is 32.6 Å². The van der Waals surface area contributed by atoms with Gasteiger partial charge in [-0.1, -0.05) is 12.1 Å². The number of rotatable bonds is 2. The Kier molecular flexibility index (Phi) is 4.88. The molecular weight excluding hydrogens is 414 g/mol. The number of carbonyl (C=O) groups is 3. The van der Waals surface area contributed by atoms with Crippen molar-refractivity contribution < 1.29 is 19.1 Å². The molecule has 1 saturated heterocycles. The fourth-order valence-corrected chi connectivity index (χ4v) is 4.85. The fourth-order valence-electron chi connectivity index (χ4n) is 3.90. The van der Waals surface area contributed by atoms with Crippen LogP contribution in [-0.2, 0) is 9.53 Å². The summed E-state index contributed by atoms with van der Waals surface area (Å²) >= 11 is 1.38. The lowest BCUT2D eigenvalue weighted by atomic mass is 10.1. The first kappa shape index (κ1) is 19.6. The number of Topliss-reactive ketones (excluding diaryl/α,β-unsaturated/α-hetero) is 1. The van der Waals surface area contributed by atoms with Gasteiger partial charge in [-0.05, 0) is 30.3 Å². The van der Waals surface area contributed by atoms with E-state index in [9.17, 15) is 14.4 Å². The number of amides is 2. The Morgan fingerprint density at radius 2 is 1.90 bits per heavy atom. The maximum atomic E-state index is 12.9. The molecule has 0 spiro atoms. The van der Waals surface area contributed by atoms with Gasteiger partial charge in [0.2, 0.25) is 11.7 Å². The molecule has 3 aromatic rings. The van der Waals surface area contributed by atoms with Crippen molar-refractivity contribution >= 4 is 50.9 Å². The number of ether oxygens (including phenoxy) is 1. The lowest BCUT2D eigenvalue weighted by molar-refractivity contribution is -0.116. The van der Waals surface area contributed by atoms with Crippen molar-refractivity contribution in [3.63, 3.8) is 0 Å². The first-order valence-electron chi connectivity index (χ1n) is 9.96. The quantitative estimate of drug-likeness (QED) is 0.579. The van der Waals surface area contributed by atoms with Crippen molar-refractivity contribution in [2.45, 2.75) is 6.92 Å². The van der Waals surface area contributed by atoms with Gasteiger partial charge in [0, 0.05) is 37.2 Å². The molecule has 3 heterocycles. The van der Waals surface area contributed by atoms with E-state index >= 15 is 0 Å². The first-order chi connectivity index (χ1) is 15.0. The number of aromatic nitrogens is 1. The molecule has 1 aromatic heterocycles. The van der Waals surface area contributed by atoms with Gasteiger partial charge >= 0.3 is 0 Å². The predicted molar refractivity (Wildman–Crippen MR) is 118 cm³/mol. The number of morpholine rings is 1. The lowest BCUT2D eigenvalue weighted by Crippen LogP contribution is -2.40. The van der Waals surface area contributed by atoms with Gasteiger partial charge in [-0.3, -0.25) is 19.3 Å². The monoisotopic (exact) mass is 433 g/mol. The van der Waals surface area contributed by atoms with Gasteiger partial charge in [0.25, 0.3) is 5.91 Å². The number of benzene rings is 2. The van der Waals surface area contributed by atoms with E-state index in [0.29, 0.717) is 48.1 Å². The van der Waals surface area contributed by atoms with E-state index in [1.54, 1.807) is 41.3 Å². The lowest BCUT2D eigenvalue weighted by Gasteiger charge is -2.26. The van der Waals surface area contributed by atoms with E-state index in [0.717, 1.165) is 10.2 Å². The SMILES string of the molecule is CC(=O)N1/C(=C\c2nc3ccc(C(=O)N4CCOCC4)cc3s2)C(=O)c2ccccc21. The number of fused-ring (bicyclic) bond motifs is 2. The minimum absolute atomic E-state index is 0.0253. The molecule has 2 aliphatic heterocycles. The molecule has 1 fully saturated rings. The molecule has 8 heteroatoms. The van der Waals surface area contributed by atoms with Crippen molar-refractivity contribution in [1.29, 1.82) is 0 Å². The van der Waals surface area contributed by atoms with Gasteiger partial charge in [-0.15, -0.1) is 11.3 Å². The number of ketones is 1. The van der Waals surface area contributed by atoms with E-state index in [1.807, 2.05) is 12.1 Å². The van der Waals surface area contributed by atoms with Crippen LogP contribution in [0.4, 0.5) is 5.69 Å². The zero-order valence-corrected chi connectivity index (χ0v) is 17.6. The fraction of sp³-hybridized carbons (Fsp3) is 0.217. The topological polar surface area (TPSA) is 79.8 Å². The van der Waals surface area contributed by atoms with E-state index in [2.05, 4.69) is 4.98 Å². The summed E-state index contributed by atoms with van der Waals surface area (Å²) < 4.78 is 6.17. The number of carbonyl (C=O) groups excluding carboxylic acids is 3. The summed E-state index contributed by atoms with van der Waals surface area (Å²) in [6.45, 7) is 3.71. The third kappa shape index (κ3) is 3.43. The van der Waals surface area contributed by atoms with Crippen molar-refractivity contribution in [1.82, 2.24) is 9.88 Å². The van der Waals surface area contributed by atoms with Gasteiger partial charge in [0.05, 0.1) is 34.8 Å². The molecule has 0 saturated carbocycles. The highest BCUT2D eigenvalue weighted by molar-refractivity contribution is 7.19. The van der Waals surface area contributed by atoms with Crippen LogP contribution < -0.4 is 4.90 Å². The highest BCUT2D eigenvalue weighted by Crippen LogP contribution is 2.36. The van der Waals surface area contributed by atoms with Crippen LogP contribution >= 0.6 is 11.3 Å². The molecule has 0 aliphatic carbocycles. The summed E-state index contributed by atoms with van der Waals surface area (Å²) in [5.74, 6) is -0.458. The first-order valence-corrected chi connectivity index (χ1v) is 10.8. The number of nitrogens with zero attached hydrogens (tertiary/aromatic N) is 3. The maximum absolute atomic E-state index is 12.9. The van der Waals surface area contributed by atoms with Crippen LogP contribution in [0.15, 0.2) is 48.2 Å². The van der Waals surface area contributed by atoms with Crippen molar-refractivity contribution in [3.8, 4) is 0 Å². The number of anilines is 1. The van der Waals surface area contributed by atoms with E-state index in [4.69, 9.17) is 4.74 Å². The van der Waals surface area contributed by atoms with Crippen molar-refractivity contribution in [3.05, 3.63) is 64.3 Å². The molecule has 0 unspecified atom stereocenters. The van der Waals surface area contributed by atoms with Crippen LogP contribution in [0.2, 0.25) is 0 Å². The standard InChI is InChI=1S/C23H19N3O4S/c1-14(27)26-18-5-3-2-4-16(18)22(28)19(26)13-21-24-17-7-6-15(12-20(17)31-21)23(29)25-8-10-30-11-9-25/h2-7,12-13H,8-11H2,1H3/b19-13-. The highest BCUT2D eigenvalue weighted by atomic mass is 32.1. The molecule has 31 heavy (non-hydrogen) atoms. The second-order valence-electron chi connectivity index (χ2n) is 7.37. The number of allylic oxidation sites excluding steroid dienone is 1. The molecular formula is C23H19N3O4S. The Bertz CT molecular complexity index is 1260. The third-order valence-electron chi connectivity index (χ3n) is 5.39. The highest BCUT2D eigenvalue weighted by Gasteiger charge is 2.34. The summed E-state index contributed by atoms with van der Waals surface area (Å²) in [5, 5.41) is 0.605. The largest absolute Gasteiger partial charge is 0.378 e. The Balaban J connectivity index is 1.49. The third-order valence-corrected chi connectivity index (χ3v) is 6.35. The van der Waals surface area contributed by atoms with E-state index in [-0.39, 0.29) is 23.3 Å². The van der Waals surface area contributed by atoms with Gasteiger partial charge in [-0.2, -0.15) is 0 Å². The number of para-hydroxylation sites is 1. The molecule has 0 atom stereocenters. The second kappa shape index (κ2) is 7.72. The Hall–Kier alpha value is -3.36. The van der Waals surface area contributed by atoms with Gasteiger partial charge in [0.15, 0.2) is 0 Å². The van der Waals surface area contributed by atoms with Gasteiger partial charge < -0.3 is 9.64 Å². The molecule has 7 nitrogen and oxygen atoms in total.